The van der Waals surface area contributed by atoms with E-state index < -0.39 is 0 Å². The number of nitrogens with zero attached hydrogens (tertiary/aromatic N) is 1. The van der Waals surface area contributed by atoms with Crippen LogP contribution in [0, 0.1) is 5.41 Å². The maximum absolute atomic E-state index is 9.36. The normalized spacial score (nSPS) is 7.59. The molecule has 17 heavy (non-hydrogen) atoms. The lowest BCUT2D eigenvalue weighted by Gasteiger charge is -1.91. The molecule has 1 aromatic rings. The van der Waals surface area contributed by atoms with Crippen LogP contribution in [0.4, 0.5) is 5.69 Å². The molecule has 1 rings (SSSR count). The van der Waals surface area contributed by atoms with E-state index in [1.54, 1.807) is 0 Å². The Morgan fingerprint density at radius 2 is 1.88 bits per heavy atom. The fraction of sp³-hybridized carbons (Fsp3) is 0.182. The van der Waals surface area contributed by atoms with E-state index in [0.717, 1.165) is 5.69 Å². The topological polar surface area (TPSA) is 117 Å². The van der Waals surface area contributed by atoms with E-state index in [2.05, 4.69) is 10.3 Å². The molecular weight excluding hydrogens is 218 g/mol. The molecule has 0 bridgehead atoms. The van der Waals surface area contributed by atoms with Crippen molar-refractivity contribution in [3.63, 3.8) is 0 Å². The van der Waals surface area contributed by atoms with Gasteiger partial charge in [0.1, 0.15) is 0 Å². The first-order valence-corrected chi connectivity index (χ1v) is 4.46. The van der Waals surface area contributed by atoms with Gasteiger partial charge in [0.15, 0.2) is 5.96 Å². The number of hydrogen-bond donors (Lipinski definition) is 4. The molecule has 94 valence electrons. The number of benzene rings is 1. The Kier molecular flexibility index (Phi) is 10.2. The Morgan fingerprint density at radius 3 is 2.18 bits per heavy atom. The van der Waals surface area contributed by atoms with E-state index in [1.807, 2.05) is 30.3 Å². The number of amidine groups is 1. The van der Waals surface area contributed by atoms with Crippen LogP contribution in [0.3, 0.4) is 0 Å². The molecule has 1 aromatic carbocycles. The molecule has 0 aliphatic rings. The summed E-state index contributed by atoms with van der Waals surface area (Å²) < 4.78 is 0. The van der Waals surface area contributed by atoms with Crippen LogP contribution in [-0.2, 0) is 4.79 Å². The largest absolute Gasteiger partial charge is 0.370 e. The predicted octanol–water partition coefficient (Wildman–Crippen LogP) is 0.957. The third-order valence-corrected chi connectivity index (χ3v) is 1.29. The van der Waals surface area contributed by atoms with Gasteiger partial charge in [0, 0.05) is 0 Å². The van der Waals surface area contributed by atoms with Gasteiger partial charge in [-0.2, -0.15) is 0 Å². The maximum Gasteiger partial charge on any atom is 0.212 e. The molecule has 0 heterocycles. The quantitative estimate of drug-likeness (QED) is 0.348. The minimum Gasteiger partial charge on any atom is -0.370 e. The Hall–Kier alpha value is -2.37. The molecule has 6 heteroatoms. The highest BCUT2D eigenvalue weighted by Gasteiger charge is 1.83. The zero-order chi connectivity index (χ0) is 12.4. The molecule has 0 saturated heterocycles. The van der Waals surface area contributed by atoms with Crippen molar-refractivity contribution in [2.75, 3.05) is 0 Å². The molecule has 0 atom stereocenters. The molecule has 6 nitrogen and oxygen atoms in total. The highest BCUT2D eigenvalue weighted by molar-refractivity contribution is 5.85. The summed E-state index contributed by atoms with van der Waals surface area (Å²) in [7, 11) is 0. The third-order valence-electron chi connectivity index (χ3n) is 1.29. The van der Waals surface area contributed by atoms with Crippen LogP contribution < -0.4 is 16.8 Å². The fourth-order valence-corrected chi connectivity index (χ4v) is 0.740. The monoisotopic (exact) mass is 237 g/mol. The molecule has 0 unspecified atom stereocenters. The zero-order valence-corrected chi connectivity index (χ0v) is 8.97. The molecule has 0 aromatic heterocycles. The van der Waals surface area contributed by atoms with Crippen molar-refractivity contribution in [2.45, 2.75) is 14.4 Å². The minimum atomic E-state index is 0. The average molecular weight is 237 g/mol. The van der Waals surface area contributed by atoms with Crippen molar-refractivity contribution in [1.82, 2.24) is 5.32 Å². The summed E-state index contributed by atoms with van der Waals surface area (Å²) in [5.74, 6) is 0.260. The molecule has 0 aliphatic heterocycles. The number of nitrogens with two attached hydrogens (primary N) is 2. The first-order valence-electron chi connectivity index (χ1n) is 4.46. The number of guanidine groups is 1. The Balaban J connectivity index is 0. The number of carbonyl (C=O) groups excluding carboxylic acids is 1. The van der Waals surface area contributed by atoms with Crippen LogP contribution in [0.2, 0.25) is 0 Å². The fourth-order valence-electron chi connectivity index (χ4n) is 0.740. The summed E-state index contributed by atoms with van der Waals surface area (Å²) in [6.45, 7) is 1.49. The van der Waals surface area contributed by atoms with E-state index >= 15 is 0 Å². The van der Waals surface area contributed by atoms with Crippen LogP contribution >= 0.6 is 0 Å². The number of amides is 1. The van der Waals surface area contributed by atoms with Crippen molar-refractivity contribution in [2.24, 2.45) is 16.5 Å². The van der Waals surface area contributed by atoms with Gasteiger partial charge in [-0.15, -0.1) is 0 Å². The number of nitrogens with one attached hydrogen (secondary N) is 2. The van der Waals surface area contributed by atoms with Gasteiger partial charge in [0.25, 0.3) is 0 Å². The second-order valence-electron chi connectivity index (χ2n) is 2.76. The van der Waals surface area contributed by atoms with Crippen LogP contribution in [-0.4, -0.2) is 18.2 Å². The van der Waals surface area contributed by atoms with Crippen LogP contribution in [0.25, 0.3) is 0 Å². The van der Waals surface area contributed by atoms with E-state index in [-0.39, 0.29) is 19.2 Å². The van der Waals surface area contributed by atoms with Crippen molar-refractivity contribution in [1.29, 1.82) is 5.41 Å². The van der Waals surface area contributed by atoms with E-state index in [0.29, 0.717) is 6.41 Å². The molecule has 0 radical (unpaired) electrons. The second kappa shape index (κ2) is 10.2. The summed E-state index contributed by atoms with van der Waals surface area (Å²) in [4.78, 5) is 13.2. The molecule has 1 amide bonds. The van der Waals surface area contributed by atoms with Crippen LogP contribution in [0.1, 0.15) is 14.4 Å². The molecular formula is C11H19N5O. The van der Waals surface area contributed by atoms with Gasteiger partial charge in [-0.3, -0.25) is 10.2 Å². The lowest BCUT2D eigenvalue weighted by molar-refractivity contribution is -0.108. The first-order chi connectivity index (χ1) is 7.56. The SMILES string of the molecule is C.CC(=N)NC=O.NC(N)=Nc1ccccc1. The van der Waals surface area contributed by atoms with Crippen LogP contribution in [0.5, 0.6) is 0 Å². The average Bonchev–Trinajstić information content (AvgIpc) is 2.18. The summed E-state index contributed by atoms with van der Waals surface area (Å²) in [6.07, 6.45) is 0.475. The van der Waals surface area contributed by atoms with E-state index in [1.165, 1.54) is 6.92 Å². The second-order valence-corrected chi connectivity index (χ2v) is 2.76. The van der Waals surface area contributed by atoms with Gasteiger partial charge in [0.2, 0.25) is 6.41 Å². The Labute approximate surface area is 101 Å². The Morgan fingerprint density at radius 1 is 1.35 bits per heavy atom. The smallest absolute Gasteiger partial charge is 0.212 e. The lowest BCUT2D eigenvalue weighted by atomic mass is 10.3. The number of carbonyl (C=O) groups is 1. The summed E-state index contributed by atoms with van der Waals surface area (Å²) in [5, 5.41) is 8.66. The number of para-hydroxylation sites is 1. The highest BCUT2D eigenvalue weighted by Crippen LogP contribution is 2.07. The molecule has 6 N–H and O–H groups in total. The van der Waals surface area contributed by atoms with Gasteiger partial charge in [-0.05, 0) is 19.1 Å². The van der Waals surface area contributed by atoms with Gasteiger partial charge in [-0.25, -0.2) is 4.99 Å². The number of hydrogen-bond acceptors (Lipinski definition) is 3. The van der Waals surface area contributed by atoms with Gasteiger partial charge in [-0.1, -0.05) is 25.6 Å². The Bertz CT molecular complexity index is 357. The molecule has 0 fully saturated rings. The van der Waals surface area contributed by atoms with Gasteiger partial charge >= 0.3 is 0 Å². The molecule has 0 saturated carbocycles. The van der Waals surface area contributed by atoms with Gasteiger partial charge < -0.3 is 16.8 Å². The highest BCUT2D eigenvalue weighted by atomic mass is 16.1. The number of aliphatic imine (C=N–C) groups is 1. The van der Waals surface area contributed by atoms with Crippen molar-refractivity contribution in [3.8, 4) is 0 Å². The van der Waals surface area contributed by atoms with Crippen molar-refractivity contribution in [3.05, 3.63) is 30.3 Å². The van der Waals surface area contributed by atoms with E-state index in [9.17, 15) is 4.79 Å². The van der Waals surface area contributed by atoms with Crippen LogP contribution in [0.15, 0.2) is 35.3 Å². The summed E-state index contributed by atoms with van der Waals surface area (Å²) in [5.41, 5.74) is 11.1. The van der Waals surface area contributed by atoms with E-state index in [4.69, 9.17) is 16.9 Å². The summed E-state index contributed by atoms with van der Waals surface area (Å²) in [6, 6.07) is 9.33. The predicted molar refractivity (Wildman–Crippen MR) is 71.2 cm³/mol. The van der Waals surface area contributed by atoms with Crippen molar-refractivity contribution < 1.29 is 4.79 Å². The van der Waals surface area contributed by atoms with Crippen molar-refractivity contribution >= 4 is 23.9 Å². The minimum absolute atomic E-state index is 0. The lowest BCUT2D eigenvalue weighted by Crippen LogP contribution is -2.21. The molecule has 0 spiro atoms. The number of rotatable bonds is 2. The first kappa shape index (κ1) is 17.0. The summed E-state index contributed by atoms with van der Waals surface area (Å²) >= 11 is 0. The maximum atomic E-state index is 9.36. The third kappa shape index (κ3) is 11.6. The van der Waals surface area contributed by atoms with Gasteiger partial charge in [0.05, 0.1) is 11.5 Å². The standard InChI is InChI=1S/C7H9N3.C3H6N2O.CH4/c8-7(9)10-6-4-2-1-3-5-6;1-3(4)5-2-6;/h1-5H,(H4,8,9,10);2H,1H3,(H2,4,5,6);1H4. The zero-order valence-electron chi connectivity index (χ0n) is 8.97. The molecule has 0 aliphatic carbocycles.